The summed E-state index contributed by atoms with van der Waals surface area (Å²) < 4.78 is 5.56. The predicted molar refractivity (Wildman–Crippen MR) is 68.0 cm³/mol. The fraction of sp³-hybridized carbons (Fsp3) is 0.286. The van der Waals surface area contributed by atoms with Crippen molar-refractivity contribution in [1.29, 1.82) is 0 Å². The quantitative estimate of drug-likeness (QED) is 0.859. The van der Waals surface area contributed by atoms with Crippen molar-refractivity contribution in [2.45, 2.75) is 13.5 Å². The Labute approximate surface area is 101 Å². The number of nitrogens with zero attached hydrogens (tertiary/aromatic N) is 1. The molecule has 3 heteroatoms. The number of aliphatic hydroxyl groups excluding tert-OH is 1. The Bertz CT molecular complexity index is 450. The van der Waals surface area contributed by atoms with Gasteiger partial charge in [-0.05, 0) is 31.2 Å². The summed E-state index contributed by atoms with van der Waals surface area (Å²) in [6.07, 6.45) is 0. The first-order valence-electron chi connectivity index (χ1n) is 5.76. The zero-order chi connectivity index (χ0) is 12.1. The van der Waals surface area contributed by atoms with Crippen LogP contribution in [0.5, 0.6) is 0 Å². The van der Waals surface area contributed by atoms with E-state index < -0.39 is 0 Å². The molecule has 0 unspecified atom stereocenters. The SMILES string of the molecule is Cc1ccc(CN(CCO)c2ccccc2)o1. The zero-order valence-corrected chi connectivity index (χ0v) is 9.97. The molecule has 1 aromatic carbocycles. The molecule has 0 saturated carbocycles. The second-order valence-corrected chi connectivity index (χ2v) is 3.99. The summed E-state index contributed by atoms with van der Waals surface area (Å²) in [5.74, 6) is 1.83. The highest BCUT2D eigenvalue weighted by Gasteiger charge is 2.08. The second kappa shape index (κ2) is 5.55. The maximum Gasteiger partial charge on any atom is 0.123 e. The Morgan fingerprint density at radius 3 is 2.47 bits per heavy atom. The fourth-order valence-corrected chi connectivity index (χ4v) is 1.82. The van der Waals surface area contributed by atoms with Gasteiger partial charge in [-0.25, -0.2) is 0 Å². The van der Waals surface area contributed by atoms with E-state index in [9.17, 15) is 0 Å². The average molecular weight is 231 g/mol. The van der Waals surface area contributed by atoms with Gasteiger partial charge in [-0.15, -0.1) is 0 Å². The van der Waals surface area contributed by atoms with Gasteiger partial charge in [0.15, 0.2) is 0 Å². The molecular formula is C14H17NO2. The molecule has 0 saturated heterocycles. The molecule has 2 aromatic rings. The van der Waals surface area contributed by atoms with Crippen LogP contribution in [-0.2, 0) is 6.54 Å². The number of benzene rings is 1. The largest absolute Gasteiger partial charge is 0.464 e. The van der Waals surface area contributed by atoms with Gasteiger partial charge in [0, 0.05) is 12.2 Å². The van der Waals surface area contributed by atoms with Gasteiger partial charge in [-0.3, -0.25) is 0 Å². The molecule has 0 atom stereocenters. The molecule has 0 bridgehead atoms. The third-order valence-electron chi connectivity index (χ3n) is 2.63. The standard InChI is InChI=1S/C14H17NO2/c1-12-7-8-14(17-12)11-15(9-10-16)13-5-3-2-4-6-13/h2-8,16H,9-11H2,1H3. The van der Waals surface area contributed by atoms with Gasteiger partial charge in [0.1, 0.15) is 11.5 Å². The number of furan rings is 1. The van der Waals surface area contributed by atoms with Crippen molar-refractivity contribution < 1.29 is 9.52 Å². The number of para-hydroxylation sites is 1. The number of aliphatic hydroxyl groups is 1. The van der Waals surface area contributed by atoms with E-state index in [4.69, 9.17) is 9.52 Å². The van der Waals surface area contributed by atoms with Gasteiger partial charge < -0.3 is 14.4 Å². The minimum atomic E-state index is 0.134. The van der Waals surface area contributed by atoms with E-state index in [1.807, 2.05) is 49.4 Å². The highest BCUT2D eigenvalue weighted by Crippen LogP contribution is 2.17. The molecule has 1 heterocycles. The van der Waals surface area contributed by atoms with Crippen LogP contribution in [-0.4, -0.2) is 18.3 Å². The summed E-state index contributed by atoms with van der Waals surface area (Å²) in [7, 11) is 0. The molecule has 0 fully saturated rings. The summed E-state index contributed by atoms with van der Waals surface area (Å²) in [4.78, 5) is 2.10. The van der Waals surface area contributed by atoms with Crippen LogP contribution in [0.1, 0.15) is 11.5 Å². The molecule has 0 aliphatic heterocycles. The fourth-order valence-electron chi connectivity index (χ4n) is 1.82. The number of aryl methyl sites for hydroxylation is 1. The lowest BCUT2D eigenvalue weighted by molar-refractivity contribution is 0.300. The lowest BCUT2D eigenvalue weighted by atomic mass is 10.2. The first-order chi connectivity index (χ1) is 8.29. The minimum absolute atomic E-state index is 0.134. The summed E-state index contributed by atoms with van der Waals surface area (Å²) in [6, 6.07) is 14.0. The van der Waals surface area contributed by atoms with Crippen LogP contribution in [0.15, 0.2) is 46.9 Å². The molecule has 1 N–H and O–H groups in total. The maximum atomic E-state index is 9.11. The van der Waals surface area contributed by atoms with Crippen molar-refractivity contribution in [2.24, 2.45) is 0 Å². The Morgan fingerprint density at radius 1 is 1.12 bits per heavy atom. The van der Waals surface area contributed by atoms with Crippen LogP contribution < -0.4 is 4.90 Å². The van der Waals surface area contributed by atoms with Gasteiger partial charge in [0.25, 0.3) is 0 Å². The van der Waals surface area contributed by atoms with Gasteiger partial charge in [-0.1, -0.05) is 18.2 Å². The molecule has 0 aliphatic carbocycles. The highest BCUT2D eigenvalue weighted by atomic mass is 16.3. The third-order valence-corrected chi connectivity index (χ3v) is 2.63. The zero-order valence-electron chi connectivity index (χ0n) is 9.97. The summed E-state index contributed by atoms with van der Waals surface area (Å²) in [5.41, 5.74) is 1.09. The van der Waals surface area contributed by atoms with Crippen molar-refractivity contribution >= 4 is 5.69 Å². The van der Waals surface area contributed by atoms with Crippen LogP contribution in [0.3, 0.4) is 0 Å². The molecule has 0 aliphatic rings. The lowest BCUT2D eigenvalue weighted by Crippen LogP contribution is -2.25. The molecule has 3 nitrogen and oxygen atoms in total. The molecule has 90 valence electrons. The molecule has 0 amide bonds. The smallest absolute Gasteiger partial charge is 0.123 e. The monoisotopic (exact) mass is 231 g/mol. The molecule has 1 aromatic heterocycles. The first kappa shape index (κ1) is 11.7. The summed E-state index contributed by atoms with van der Waals surface area (Å²) in [5, 5.41) is 9.11. The Morgan fingerprint density at radius 2 is 1.88 bits per heavy atom. The van der Waals surface area contributed by atoms with Gasteiger partial charge in [-0.2, -0.15) is 0 Å². The molecule has 2 rings (SSSR count). The van der Waals surface area contributed by atoms with Crippen molar-refractivity contribution in [3.05, 3.63) is 54.0 Å². The topological polar surface area (TPSA) is 36.6 Å². The van der Waals surface area contributed by atoms with Gasteiger partial charge >= 0.3 is 0 Å². The first-order valence-corrected chi connectivity index (χ1v) is 5.76. The maximum absolute atomic E-state index is 9.11. The number of rotatable bonds is 5. The van der Waals surface area contributed by atoms with E-state index in [1.165, 1.54) is 0 Å². The van der Waals surface area contributed by atoms with Crippen LogP contribution in [0.25, 0.3) is 0 Å². The summed E-state index contributed by atoms with van der Waals surface area (Å²) >= 11 is 0. The number of hydrogen-bond acceptors (Lipinski definition) is 3. The second-order valence-electron chi connectivity index (χ2n) is 3.99. The summed E-state index contributed by atoms with van der Waals surface area (Å²) in [6.45, 7) is 3.35. The van der Waals surface area contributed by atoms with Gasteiger partial charge in [0.2, 0.25) is 0 Å². The van der Waals surface area contributed by atoms with Crippen molar-refractivity contribution in [2.75, 3.05) is 18.1 Å². The van der Waals surface area contributed by atoms with Crippen molar-refractivity contribution in [3.8, 4) is 0 Å². The molecule has 0 spiro atoms. The average Bonchev–Trinajstić information content (AvgIpc) is 2.75. The van der Waals surface area contributed by atoms with Crippen LogP contribution in [0.4, 0.5) is 5.69 Å². The highest BCUT2D eigenvalue weighted by molar-refractivity contribution is 5.46. The van der Waals surface area contributed by atoms with E-state index in [0.29, 0.717) is 13.1 Å². The Balaban J connectivity index is 2.13. The van der Waals surface area contributed by atoms with E-state index in [-0.39, 0.29) is 6.61 Å². The van der Waals surface area contributed by atoms with E-state index in [2.05, 4.69) is 4.90 Å². The molecule has 0 radical (unpaired) electrons. The number of anilines is 1. The Hall–Kier alpha value is -1.74. The third kappa shape index (κ3) is 3.11. The van der Waals surface area contributed by atoms with Gasteiger partial charge in [0.05, 0.1) is 13.2 Å². The van der Waals surface area contributed by atoms with Crippen LogP contribution in [0, 0.1) is 6.92 Å². The lowest BCUT2D eigenvalue weighted by Gasteiger charge is -2.22. The van der Waals surface area contributed by atoms with E-state index in [0.717, 1.165) is 17.2 Å². The molecule has 17 heavy (non-hydrogen) atoms. The van der Waals surface area contributed by atoms with E-state index >= 15 is 0 Å². The number of hydrogen-bond donors (Lipinski definition) is 1. The Kier molecular flexibility index (Phi) is 3.83. The molecular weight excluding hydrogens is 214 g/mol. The van der Waals surface area contributed by atoms with Crippen molar-refractivity contribution in [3.63, 3.8) is 0 Å². The van der Waals surface area contributed by atoms with E-state index in [1.54, 1.807) is 0 Å². The van der Waals surface area contributed by atoms with Crippen LogP contribution >= 0.6 is 0 Å². The predicted octanol–water partition coefficient (Wildman–Crippen LogP) is 2.59. The van der Waals surface area contributed by atoms with Crippen molar-refractivity contribution in [1.82, 2.24) is 0 Å². The normalized spacial score (nSPS) is 10.5. The minimum Gasteiger partial charge on any atom is -0.464 e. The van der Waals surface area contributed by atoms with Crippen LogP contribution in [0.2, 0.25) is 0 Å².